The van der Waals surface area contributed by atoms with E-state index in [4.69, 9.17) is 23.9 Å². The van der Waals surface area contributed by atoms with Crippen molar-refractivity contribution in [1.82, 2.24) is 15.2 Å². The highest BCUT2D eigenvalue weighted by Crippen LogP contribution is 2.51. The van der Waals surface area contributed by atoms with Crippen LogP contribution in [-0.4, -0.2) is 59.5 Å². The van der Waals surface area contributed by atoms with Crippen LogP contribution in [0.5, 0.6) is 5.75 Å². The highest BCUT2D eigenvalue weighted by atomic mass is 19.1. The lowest BCUT2D eigenvalue weighted by atomic mass is 9.71. The third-order valence-corrected chi connectivity index (χ3v) is 7.76. The van der Waals surface area contributed by atoms with Gasteiger partial charge in [-0.25, -0.2) is 24.9 Å². The van der Waals surface area contributed by atoms with Gasteiger partial charge in [-0.1, -0.05) is 36.4 Å². The smallest absolute Gasteiger partial charge is 0.415 e. The fourth-order valence-corrected chi connectivity index (χ4v) is 5.82. The first-order valence-corrected chi connectivity index (χ1v) is 14.2. The second kappa shape index (κ2) is 11.2. The Bertz CT molecular complexity index is 1560. The molecule has 224 valence electrons. The van der Waals surface area contributed by atoms with Crippen LogP contribution in [0.3, 0.4) is 0 Å². The van der Waals surface area contributed by atoms with Crippen LogP contribution in [0.15, 0.2) is 71.9 Å². The summed E-state index contributed by atoms with van der Waals surface area (Å²) in [6.07, 6.45) is 0.497. The zero-order chi connectivity index (χ0) is 30.2. The van der Waals surface area contributed by atoms with Gasteiger partial charge >= 0.3 is 12.2 Å². The Kier molecular flexibility index (Phi) is 7.41. The number of aliphatic imine (C=N–C) groups is 1. The predicted molar refractivity (Wildman–Crippen MR) is 155 cm³/mol. The Morgan fingerprint density at radius 2 is 1.95 bits per heavy atom. The molecule has 2 aromatic carbocycles. The van der Waals surface area contributed by atoms with E-state index in [0.29, 0.717) is 35.4 Å². The molecule has 6 rings (SSSR count). The molecule has 0 aliphatic carbocycles. The fourth-order valence-electron chi connectivity index (χ4n) is 5.82. The van der Waals surface area contributed by atoms with Crippen LogP contribution >= 0.6 is 0 Å². The number of benzene rings is 2. The Balaban J connectivity index is 1.34. The molecular weight excluding hydrogens is 555 g/mol. The number of aromatic nitrogens is 1. The number of nitrogens with one attached hydrogen (secondary N) is 1. The summed E-state index contributed by atoms with van der Waals surface area (Å²) in [4.78, 5) is 36.2. The van der Waals surface area contributed by atoms with E-state index in [1.54, 1.807) is 49.9 Å². The molecule has 1 spiro atoms. The fraction of sp³-hybridized carbons (Fsp3) is 0.375. The van der Waals surface area contributed by atoms with E-state index in [1.807, 2.05) is 36.4 Å². The topological polar surface area (TPSA) is 112 Å². The zero-order valence-electron chi connectivity index (χ0n) is 24.2. The second-order valence-electron chi connectivity index (χ2n) is 11.8. The van der Waals surface area contributed by atoms with Crippen LogP contribution in [0, 0.1) is 11.9 Å². The van der Waals surface area contributed by atoms with Crippen LogP contribution < -0.4 is 10.1 Å². The maximum absolute atomic E-state index is 14.7. The number of nitrogens with zero attached hydrogens (tertiary/aromatic N) is 3. The highest BCUT2D eigenvalue weighted by molar-refractivity contribution is 5.92. The summed E-state index contributed by atoms with van der Waals surface area (Å²) in [5.74, 6) is -0.375. The molecule has 1 unspecified atom stereocenters. The molecular formula is C32H33FN4O6. The zero-order valence-corrected chi connectivity index (χ0v) is 24.2. The number of amides is 2. The third-order valence-electron chi connectivity index (χ3n) is 7.76. The molecule has 0 bridgehead atoms. The van der Waals surface area contributed by atoms with Gasteiger partial charge in [0.1, 0.15) is 36.2 Å². The van der Waals surface area contributed by atoms with E-state index in [0.717, 1.165) is 5.56 Å². The normalized spacial score (nSPS) is 22.4. The van der Waals surface area contributed by atoms with Gasteiger partial charge in [-0.2, -0.15) is 4.39 Å². The molecule has 1 N–H and O–H groups in total. The first kappa shape index (κ1) is 28.4. The van der Waals surface area contributed by atoms with Crippen molar-refractivity contribution in [3.05, 3.63) is 83.9 Å². The number of carbonyl (C=O) groups is 2. The number of hydrogen-bond acceptors (Lipinski definition) is 8. The predicted octanol–water partition coefficient (Wildman–Crippen LogP) is 5.41. The van der Waals surface area contributed by atoms with Gasteiger partial charge in [0.15, 0.2) is 0 Å². The average molecular weight is 589 g/mol. The molecule has 1 saturated heterocycles. The largest absolute Gasteiger partial charge is 0.490 e. The van der Waals surface area contributed by atoms with E-state index in [2.05, 4.69) is 10.3 Å². The van der Waals surface area contributed by atoms with Crippen molar-refractivity contribution >= 4 is 18.2 Å². The van der Waals surface area contributed by atoms with E-state index in [9.17, 15) is 14.0 Å². The lowest BCUT2D eigenvalue weighted by Gasteiger charge is -2.48. The molecule has 43 heavy (non-hydrogen) atoms. The van der Waals surface area contributed by atoms with Crippen molar-refractivity contribution in [3.63, 3.8) is 0 Å². The summed E-state index contributed by atoms with van der Waals surface area (Å²) >= 11 is 0. The van der Waals surface area contributed by atoms with Crippen LogP contribution in [0.2, 0.25) is 0 Å². The third kappa shape index (κ3) is 5.84. The van der Waals surface area contributed by atoms with Crippen molar-refractivity contribution in [2.75, 3.05) is 19.7 Å². The van der Waals surface area contributed by atoms with Gasteiger partial charge in [0.25, 0.3) is 6.02 Å². The van der Waals surface area contributed by atoms with Crippen LogP contribution in [0.1, 0.15) is 38.3 Å². The maximum Gasteiger partial charge on any atom is 0.415 e. The van der Waals surface area contributed by atoms with E-state index < -0.39 is 29.3 Å². The minimum absolute atomic E-state index is 0.00240. The van der Waals surface area contributed by atoms with Gasteiger partial charge in [0.2, 0.25) is 5.95 Å². The van der Waals surface area contributed by atoms with Gasteiger partial charge in [0, 0.05) is 42.8 Å². The van der Waals surface area contributed by atoms with Crippen molar-refractivity contribution in [3.8, 4) is 16.9 Å². The lowest BCUT2D eigenvalue weighted by Crippen LogP contribution is -2.58. The number of alkyl carbamates (subject to hydrolysis) is 1. The number of carbonyl (C=O) groups excluding carboxylic acids is 2. The lowest BCUT2D eigenvalue weighted by molar-refractivity contribution is -0.0235. The Labute approximate surface area is 248 Å². The summed E-state index contributed by atoms with van der Waals surface area (Å²) in [5.41, 5.74) is 0.699. The highest BCUT2D eigenvalue weighted by Gasteiger charge is 2.56. The van der Waals surface area contributed by atoms with Gasteiger partial charge in [0.05, 0.1) is 0 Å². The quantitative estimate of drug-likeness (QED) is 0.407. The molecule has 3 aliphatic rings. The number of piperidine rings is 1. The Morgan fingerprint density at radius 1 is 1.14 bits per heavy atom. The van der Waals surface area contributed by atoms with Gasteiger partial charge < -0.3 is 23.8 Å². The monoisotopic (exact) mass is 588 g/mol. The molecule has 4 heterocycles. The van der Waals surface area contributed by atoms with Crippen LogP contribution in [-0.2, 0) is 26.4 Å². The Morgan fingerprint density at radius 3 is 2.72 bits per heavy atom. The molecule has 3 aromatic rings. The average Bonchev–Trinajstić information content (AvgIpc) is 3.39. The standard InChI is InChI=1S/C32H33FN4O6/c1-31(2,3)43-29(38)35-28-36-32(19-41-28)23-16-21(22-10-7-14-34-27(22)33)11-12-25(23)42-26-13-15-37(17-24(26)32)30(39)40-18-20-8-5-4-6-9-20/h4-12,14,16,24,26H,13,15,17-19H2,1-3H3,(H,35,36,38)/t24-,26-,32?/m0/s1. The van der Waals surface area contributed by atoms with Crippen molar-refractivity contribution in [2.24, 2.45) is 10.9 Å². The summed E-state index contributed by atoms with van der Waals surface area (Å²) < 4.78 is 38.2. The van der Waals surface area contributed by atoms with E-state index >= 15 is 0 Å². The first-order valence-electron chi connectivity index (χ1n) is 14.2. The SMILES string of the molecule is CC(C)(C)OC(=O)NC1=NC2(CO1)c1cc(-c3cccnc3F)ccc1O[C@H]1CCN(C(=O)OCc3ccccc3)C[C@@H]12. The number of pyridine rings is 1. The molecule has 3 atom stereocenters. The maximum atomic E-state index is 14.7. The summed E-state index contributed by atoms with van der Waals surface area (Å²) in [5, 5.41) is 2.61. The Hall–Kier alpha value is -4.67. The summed E-state index contributed by atoms with van der Waals surface area (Å²) in [7, 11) is 0. The number of ether oxygens (including phenoxy) is 4. The molecule has 1 aromatic heterocycles. The summed E-state index contributed by atoms with van der Waals surface area (Å²) in [6, 6.07) is 18.2. The van der Waals surface area contributed by atoms with Gasteiger partial charge in [-0.3, -0.25) is 0 Å². The minimum atomic E-state index is -1.05. The summed E-state index contributed by atoms with van der Waals surface area (Å²) in [6.45, 7) is 6.22. The molecule has 2 amide bonds. The molecule has 3 aliphatic heterocycles. The van der Waals surface area contributed by atoms with Gasteiger partial charge in [-0.15, -0.1) is 0 Å². The van der Waals surface area contributed by atoms with E-state index in [-0.39, 0.29) is 37.8 Å². The van der Waals surface area contributed by atoms with Crippen molar-refractivity contribution < 1.29 is 32.9 Å². The number of hydrogen-bond donors (Lipinski definition) is 1. The van der Waals surface area contributed by atoms with Crippen LogP contribution in [0.4, 0.5) is 14.0 Å². The van der Waals surface area contributed by atoms with Crippen molar-refractivity contribution in [2.45, 2.75) is 51.0 Å². The molecule has 11 heteroatoms. The first-order chi connectivity index (χ1) is 20.6. The van der Waals surface area contributed by atoms with Gasteiger partial charge in [-0.05, 0) is 56.2 Å². The second-order valence-corrected chi connectivity index (χ2v) is 11.8. The number of likely N-dealkylation sites (tertiary alicyclic amines) is 1. The van der Waals surface area contributed by atoms with Crippen LogP contribution in [0.25, 0.3) is 11.1 Å². The molecule has 10 nitrogen and oxygen atoms in total. The van der Waals surface area contributed by atoms with Crippen molar-refractivity contribution in [1.29, 1.82) is 0 Å². The number of fused-ring (bicyclic) bond motifs is 4. The molecule has 1 fully saturated rings. The van der Waals surface area contributed by atoms with E-state index in [1.165, 1.54) is 6.20 Å². The number of amidine groups is 1. The molecule has 0 radical (unpaired) electrons. The minimum Gasteiger partial charge on any atom is -0.490 e. The number of rotatable bonds is 3. The molecule has 0 saturated carbocycles. The number of halogens is 1.